The lowest BCUT2D eigenvalue weighted by Gasteiger charge is -2.08. The second kappa shape index (κ2) is 6.67. The topological polar surface area (TPSA) is 82.0 Å². The van der Waals surface area contributed by atoms with Crippen LogP contribution in [-0.2, 0) is 0 Å². The summed E-state index contributed by atoms with van der Waals surface area (Å²) in [4.78, 5) is 2.86. The van der Waals surface area contributed by atoms with Gasteiger partial charge in [-0.15, -0.1) is 10.2 Å². The zero-order valence-corrected chi connectivity index (χ0v) is 14.0. The quantitative estimate of drug-likeness (QED) is 0.478. The van der Waals surface area contributed by atoms with E-state index in [1.54, 1.807) is 7.11 Å². The van der Waals surface area contributed by atoms with Gasteiger partial charge in [0.05, 0.1) is 18.3 Å². The molecule has 24 heavy (non-hydrogen) atoms. The van der Waals surface area contributed by atoms with Crippen molar-refractivity contribution in [2.24, 2.45) is 10.2 Å². The second-order valence-corrected chi connectivity index (χ2v) is 5.59. The number of rotatable bonds is 3. The molecule has 0 aliphatic rings. The van der Waals surface area contributed by atoms with E-state index in [-0.39, 0.29) is 11.0 Å². The van der Waals surface area contributed by atoms with Crippen molar-refractivity contribution in [3.8, 4) is 11.6 Å². The molecule has 1 aromatic heterocycles. The van der Waals surface area contributed by atoms with E-state index < -0.39 is 0 Å². The van der Waals surface area contributed by atoms with E-state index >= 15 is 0 Å². The monoisotopic (exact) mass is 340 g/mol. The molecule has 7 heteroatoms. The maximum atomic E-state index is 10.0. The zero-order valence-electron chi connectivity index (χ0n) is 13.2. The lowest BCUT2D eigenvalue weighted by molar-refractivity contribution is 0.417. The summed E-state index contributed by atoms with van der Waals surface area (Å²) in [7, 11) is 1.58. The third-order valence-corrected chi connectivity index (χ3v) is 3.68. The highest BCUT2D eigenvalue weighted by molar-refractivity contribution is 7.80. The molecule has 0 fully saturated rings. The first-order valence-electron chi connectivity index (χ1n) is 7.25. The third kappa shape index (κ3) is 3.21. The Balaban J connectivity index is 1.84. The van der Waals surface area contributed by atoms with Gasteiger partial charge in [-0.25, -0.2) is 0 Å². The largest absolute Gasteiger partial charge is 0.495 e. The summed E-state index contributed by atoms with van der Waals surface area (Å²) in [6.07, 6.45) is 0. The molecule has 0 bridgehead atoms. The fourth-order valence-electron chi connectivity index (χ4n) is 2.36. The first-order chi connectivity index (χ1) is 11.6. The highest BCUT2D eigenvalue weighted by Gasteiger charge is 2.11. The lowest BCUT2D eigenvalue weighted by atomic mass is 10.2. The lowest BCUT2D eigenvalue weighted by Crippen LogP contribution is -2.06. The number of hydrogen-bond acceptors (Lipinski definition) is 4. The number of thiocarbonyl (C=S) groups is 1. The number of para-hydroxylation sites is 2. The van der Waals surface area contributed by atoms with Crippen molar-refractivity contribution in [3.05, 3.63) is 48.0 Å². The van der Waals surface area contributed by atoms with Crippen LogP contribution in [0.15, 0.2) is 52.7 Å². The first-order valence-corrected chi connectivity index (χ1v) is 7.66. The van der Waals surface area contributed by atoms with Gasteiger partial charge in [-0.05, 0) is 43.4 Å². The molecule has 3 rings (SSSR count). The molecule has 0 aliphatic heterocycles. The maximum absolute atomic E-state index is 10.0. The number of hydrogen-bond donors (Lipinski definition) is 3. The van der Waals surface area contributed by atoms with Crippen LogP contribution in [0.5, 0.6) is 11.6 Å². The Morgan fingerprint density at radius 3 is 2.83 bits per heavy atom. The van der Waals surface area contributed by atoms with Crippen LogP contribution in [0.1, 0.15) is 5.56 Å². The molecule has 3 aromatic rings. The number of nitrogens with one attached hydrogen (secondary N) is 2. The summed E-state index contributed by atoms with van der Waals surface area (Å²) < 4.78 is 5.25. The second-order valence-electron chi connectivity index (χ2n) is 5.20. The van der Waals surface area contributed by atoms with E-state index in [2.05, 4.69) is 20.5 Å². The van der Waals surface area contributed by atoms with E-state index in [1.807, 2.05) is 49.4 Å². The van der Waals surface area contributed by atoms with Gasteiger partial charge >= 0.3 is 0 Å². The van der Waals surface area contributed by atoms with Crippen LogP contribution in [-0.4, -0.2) is 22.3 Å². The molecule has 0 unspecified atom stereocenters. The van der Waals surface area contributed by atoms with Crippen LogP contribution < -0.4 is 10.1 Å². The van der Waals surface area contributed by atoms with E-state index in [0.29, 0.717) is 17.1 Å². The molecule has 6 nitrogen and oxygen atoms in total. The number of benzene rings is 2. The highest BCUT2D eigenvalue weighted by atomic mass is 32.1. The fourth-order valence-corrected chi connectivity index (χ4v) is 2.51. The van der Waals surface area contributed by atoms with Gasteiger partial charge < -0.3 is 20.1 Å². The van der Waals surface area contributed by atoms with Gasteiger partial charge in [0.2, 0.25) is 11.0 Å². The van der Waals surface area contributed by atoms with Crippen molar-refractivity contribution in [1.29, 1.82) is 0 Å². The minimum atomic E-state index is -0.0422. The first kappa shape index (κ1) is 15.9. The number of nitrogens with zero attached hydrogens (tertiary/aromatic N) is 2. The number of aromatic hydroxyl groups is 1. The highest BCUT2D eigenvalue weighted by Crippen LogP contribution is 2.36. The molecule has 0 spiro atoms. The van der Waals surface area contributed by atoms with Gasteiger partial charge in [0.25, 0.3) is 0 Å². The normalized spacial score (nSPS) is 11.1. The minimum absolute atomic E-state index is 0.0422. The van der Waals surface area contributed by atoms with Crippen LogP contribution in [0.3, 0.4) is 0 Å². The van der Waals surface area contributed by atoms with Crippen LogP contribution in [0.2, 0.25) is 0 Å². The van der Waals surface area contributed by atoms with Crippen molar-refractivity contribution < 1.29 is 9.84 Å². The van der Waals surface area contributed by atoms with Crippen molar-refractivity contribution in [2.45, 2.75) is 6.92 Å². The Kier molecular flexibility index (Phi) is 4.43. The summed E-state index contributed by atoms with van der Waals surface area (Å²) >= 11 is 5.19. The Hall–Kier alpha value is -2.93. The maximum Gasteiger partial charge on any atom is 0.218 e. The van der Waals surface area contributed by atoms with Gasteiger partial charge in [0.1, 0.15) is 5.75 Å². The number of methoxy groups -OCH3 is 1. The van der Waals surface area contributed by atoms with E-state index in [9.17, 15) is 5.11 Å². The average molecular weight is 340 g/mol. The number of aryl methyl sites for hydroxylation is 1. The van der Waals surface area contributed by atoms with Gasteiger partial charge in [0.15, 0.2) is 5.69 Å². The number of fused-ring (bicyclic) bond motifs is 1. The third-order valence-electron chi connectivity index (χ3n) is 3.50. The smallest absolute Gasteiger partial charge is 0.218 e. The Morgan fingerprint density at radius 1 is 1.25 bits per heavy atom. The van der Waals surface area contributed by atoms with Crippen LogP contribution in [0.25, 0.3) is 10.9 Å². The molecule has 3 N–H and O–H groups in total. The molecule has 0 aliphatic carbocycles. The van der Waals surface area contributed by atoms with Crippen molar-refractivity contribution in [3.63, 3.8) is 0 Å². The SMILES string of the molecule is COc1ccccc1NC(=S)N=Nc1c(O)[nH]c2ccc(C)cc12. The number of H-pyrrole nitrogens is 1. The number of anilines is 1. The standard InChI is InChI=1S/C17H16N4O2S/c1-10-7-8-12-11(9-10)15(16(22)18-12)20-21-17(24)19-13-5-3-4-6-14(13)23-2/h3-9,18,22H,1-2H3,(H,19,24). The summed E-state index contributed by atoms with van der Waals surface area (Å²) in [5.74, 6) is 0.611. The van der Waals surface area contributed by atoms with E-state index in [0.717, 1.165) is 16.5 Å². The van der Waals surface area contributed by atoms with Crippen molar-refractivity contribution >= 4 is 39.6 Å². The predicted octanol–water partition coefficient (Wildman–Crippen LogP) is 4.67. The zero-order chi connectivity index (χ0) is 17.1. The summed E-state index contributed by atoms with van der Waals surface area (Å²) in [6, 6.07) is 13.1. The molecular formula is C17H16N4O2S. The van der Waals surface area contributed by atoms with E-state index in [4.69, 9.17) is 17.0 Å². The molecular weight excluding hydrogens is 324 g/mol. The van der Waals surface area contributed by atoms with Crippen LogP contribution >= 0.6 is 12.2 Å². The molecule has 122 valence electrons. The van der Waals surface area contributed by atoms with Crippen LogP contribution in [0.4, 0.5) is 11.4 Å². The fraction of sp³-hybridized carbons (Fsp3) is 0.118. The van der Waals surface area contributed by atoms with E-state index in [1.165, 1.54) is 0 Å². The Morgan fingerprint density at radius 2 is 2.04 bits per heavy atom. The summed E-state index contributed by atoms with van der Waals surface area (Å²) in [5, 5.41) is 22.0. The molecule has 2 aromatic carbocycles. The van der Waals surface area contributed by atoms with Gasteiger partial charge in [-0.1, -0.05) is 23.8 Å². The Bertz CT molecular complexity index is 933. The Labute approximate surface area is 144 Å². The minimum Gasteiger partial charge on any atom is -0.495 e. The van der Waals surface area contributed by atoms with Crippen molar-refractivity contribution in [2.75, 3.05) is 12.4 Å². The molecule has 0 amide bonds. The van der Waals surface area contributed by atoms with Gasteiger partial charge in [0, 0.05) is 5.39 Å². The van der Waals surface area contributed by atoms with Crippen LogP contribution in [0, 0.1) is 6.92 Å². The predicted molar refractivity (Wildman–Crippen MR) is 98.4 cm³/mol. The molecule has 0 saturated heterocycles. The summed E-state index contributed by atoms with van der Waals surface area (Å²) in [6.45, 7) is 1.97. The average Bonchev–Trinajstić information content (AvgIpc) is 2.88. The number of ether oxygens (including phenoxy) is 1. The number of azo groups is 1. The summed E-state index contributed by atoms with van der Waals surface area (Å²) in [5.41, 5.74) is 2.91. The molecule has 0 radical (unpaired) electrons. The molecule has 0 saturated carbocycles. The number of aromatic nitrogens is 1. The van der Waals surface area contributed by atoms with Gasteiger partial charge in [-0.3, -0.25) is 0 Å². The number of aromatic amines is 1. The van der Waals surface area contributed by atoms with Crippen molar-refractivity contribution in [1.82, 2.24) is 4.98 Å². The molecule has 0 atom stereocenters. The van der Waals surface area contributed by atoms with Gasteiger partial charge in [-0.2, -0.15) is 0 Å². The molecule has 1 heterocycles.